The number of aromatic nitrogens is 5. The summed E-state index contributed by atoms with van der Waals surface area (Å²) in [6.07, 6.45) is 12.6. The molecule has 1 aliphatic heterocycles. The van der Waals surface area contributed by atoms with Crippen LogP contribution in [0.25, 0.3) is 15.4 Å². The summed E-state index contributed by atoms with van der Waals surface area (Å²) in [5, 5.41) is 10.2. The van der Waals surface area contributed by atoms with Crippen LogP contribution in [0.15, 0.2) is 37.2 Å². The van der Waals surface area contributed by atoms with Crippen LogP contribution in [-0.4, -0.2) is 67.0 Å². The number of carbonyl (C=O) groups is 2. The molecule has 10 nitrogen and oxygen atoms in total. The summed E-state index contributed by atoms with van der Waals surface area (Å²) in [4.78, 5) is 38.7. The van der Waals surface area contributed by atoms with Crippen molar-refractivity contribution in [3.8, 4) is 10.6 Å². The van der Waals surface area contributed by atoms with E-state index >= 15 is 0 Å². The second kappa shape index (κ2) is 8.82. The molecular formula is C25H28N8O2S. The molecule has 0 unspecified atom stereocenters. The van der Waals surface area contributed by atoms with Crippen LogP contribution in [0.2, 0.25) is 0 Å². The van der Waals surface area contributed by atoms with Crippen molar-refractivity contribution < 1.29 is 9.59 Å². The van der Waals surface area contributed by atoms with Crippen LogP contribution in [0, 0.1) is 12.3 Å². The Bertz CT molecular complexity index is 1460. The summed E-state index contributed by atoms with van der Waals surface area (Å²) in [6.45, 7) is 5.52. The monoisotopic (exact) mass is 504 g/mol. The molecule has 6 rings (SSSR count). The summed E-state index contributed by atoms with van der Waals surface area (Å²) < 4.78 is 3.56. The Kier molecular flexibility index (Phi) is 5.60. The van der Waals surface area contributed by atoms with Crippen LogP contribution in [0.3, 0.4) is 0 Å². The third-order valence-electron chi connectivity index (χ3n) is 7.18. The van der Waals surface area contributed by atoms with E-state index in [9.17, 15) is 9.59 Å². The maximum absolute atomic E-state index is 13.1. The number of imidazole rings is 1. The zero-order valence-electron chi connectivity index (χ0n) is 20.3. The lowest BCUT2D eigenvalue weighted by Gasteiger charge is -2.16. The van der Waals surface area contributed by atoms with Crippen LogP contribution in [-0.2, 0) is 7.05 Å². The van der Waals surface area contributed by atoms with Crippen molar-refractivity contribution in [3.05, 3.63) is 54.0 Å². The summed E-state index contributed by atoms with van der Waals surface area (Å²) in [5.74, 6) is -0.491. The van der Waals surface area contributed by atoms with Crippen molar-refractivity contribution in [1.29, 1.82) is 0 Å². The lowest BCUT2D eigenvalue weighted by molar-refractivity contribution is 0.0947. The van der Waals surface area contributed by atoms with Gasteiger partial charge in [-0.25, -0.2) is 9.50 Å². The summed E-state index contributed by atoms with van der Waals surface area (Å²) in [7, 11) is 1.91. The number of fused-ring (bicyclic) bond motifs is 1. The van der Waals surface area contributed by atoms with E-state index in [1.165, 1.54) is 30.6 Å². The average Bonchev–Trinajstić information content (AvgIpc) is 3.25. The van der Waals surface area contributed by atoms with Gasteiger partial charge in [0.25, 0.3) is 11.8 Å². The first-order valence-electron chi connectivity index (χ1n) is 12.1. The average molecular weight is 505 g/mol. The highest BCUT2D eigenvalue weighted by Crippen LogP contribution is 2.52. The van der Waals surface area contributed by atoms with Gasteiger partial charge in [0, 0.05) is 45.3 Å². The van der Waals surface area contributed by atoms with E-state index in [1.54, 1.807) is 36.2 Å². The highest BCUT2D eigenvalue weighted by molar-refractivity contribution is 7.21. The number of pyridine rings is 1. The molecule has 5 heterocycles. The number of thiazole rings is 1. The van der Waals surface area contributed by atoms with Gasteiger partial charge in [-0.1, -0.05) is 0 Å². The molecule has 0 bridgehead atoms. The first kappa shape index (κ1) is 22.9. The smallest absolute Gasteiger partial charge is 0.260 e. The molecule has 0 atom stereocenters. The molecule has 186 valence electrons. The van der Waals surface area contributed by atoms with Gasteiger partial charge < -0.3 is 20.1 Å². The Hall–Kier alpha value is -3.57. The Balaban J connectivity index is 1.12. The van der Waals surface area contributed by atoms with Crippen LogP contribution in [0.1, 0.15) is 45.7 Å². The fraction of sp³-hybridized carbons (Fsp3) is 0.400. The fourth-order valence-corrected chi connectivity index (χ4v) is 5.83. The molecule has 4 aromatic rings. The second-order valence-electron chi connectivity index (χ2n) is 9.92. The van der Waals surface area contributed by atoms with Gasteiger partial charge >= 0.3 is 0 Å². The lowest BCUT2D eigenvalue weighted by Crippen LogP contribution is -2.34. The SMILES string of the molecule is Cc1ncc(C(=O)NCCN2CCC3(CC3)C2)cc1NC(=O)c1cnn2cc(-c3cn(C)cn3)sc12. The fourth-order valence-electron chi connectivity index (χ4n) is 4.81. The van der Waals surface area contributed by atoms with Crippen molar-refractivity contribution in [1.82, 2.24) is 34.4 Å². The topological polar surface area (TPSA) is 109 Å². The number of aryl methyl sites for hydroxylation is 2. The molecule has 2 fully saturated rings. The standard InChI is InChI=1S/C25H28N8O2S/c1-16-19(9-17(10-27-16)22(34)26-6-8-32-7-5-25(14-32)3-4-25)30-23(35)18-11-29-33-13-21(36-24(18)33)20-12-31(2)15-28-20/h9-13,15H,3-8,14H2,1-2H3,(H,26,34)(H,30,35). The molecular weight excluding hydrogens is 476 g/mol. The quantitative estimate of drug-likeness (QED) is 0.401. The van der Waals surface area contributed by atoms with Gasteiger partial charge in [0.05, 0.1) is 45.6 Å². The molecule has 36 heavy (non-hydrogen) atoms. The second-order valence-corrected chi connectivity index (χ2v) is 11.0. The summed E-state index contributed by atoms with van der Waals surface area (Å²) in [6, 6.07) is 1.68. The Labute approximate surface area is 212 Å². The molecule has 2 amide bonds. The molecule has 1 aliphatic carbocycles. The van der Waals surface area contributed by atoms with Gasteiger partial charge in [-0.2, -0.15) is 5.10 Å². The number of rotatable bonds is 7. The van der Waals surface area contributed by atoms with Gasteiger partial charge in [0.2, 0.25) is 0 Å². The zero-order chi connectivity index (χ0) is 24.9. The molecule has 0 aromatic carbocycles. The first-order valence-corrected chi connectivity index (χ1v) is 12.9. The molecule has 1 spiro atoms. The number of nitrogens with zero attached hydrogens (tertiary/aromatic N) is 6. The number of hydrogen-bond acceptors (Lipinski definition) is 7. The Morgan fingerprint density at radius 1 is 1.14 bits per heavy atom. The number of nitrogens with one attached hydrogen (secondary N) is 2. The summed E-state index contributed by atoms with van der Waals surface area (Å²) in [5.41, 5.74) is 3.43. The van der Waals surface area contributed by atoms with Crippen molar-refractivity contribution in [2.75, 3.05) is 31.5 Å². The normalized spacial score (nSPS) is 16.6. The van der Waals surface area contributed by atoms with Crippen molar-refractivity contribution in [2.24, 2.45) is 12.5 Å². The van der Waals surface area contributed by atoms with Crippen LogP contribution >= 0.6 is 11.3 Å². The summed E-state index contributed by atoms with van der Waals surface area (Å²) >= 11 is 1.45. The Morgan fingerprint density at radius 3 is 2.75 bits per heavy atom. The first-order chi connectivity index (χ1) is 17.4. The maximum Gasteiger partial charge on any atom is 0.260 e. The third kappa shape index (κ3) is 4.40. The lowest BCUT2D eigenvalue weighted by atomic mass is 10.1. The van der Waals surface area contributed by atoms with Crippen LogP contribution in [0.5, 0.6) is 0 Å². The highest BCUT2D eigenvalue weighted by Gasteiger charge is 2.47. The van der Waals surface area contributed by atoms with Gasteiger partial charge in [0.1, 0.15) is 4.83 Å². The number of carbonyl (C=O) groups excluding carboxylic acids is 2. The Morgan fingerprint density at radius 2 is 2.00 bits per heavy atom. The molecule has 2 aliphatic rings. The number of amides is 2. The van der Waals surface area contributed by atoms with E-state index in [0.717, 1.165) is 35.0 Å². The number of anilines is 1. The maximum atomic E-state index is 13.1. The van der Waals surface area contributed by atoms with Crippen molar-refractivity contribution in [2.45, 2.75) is 26.2 Å². The van der Waals surface area contributed by atoms with E-state index < -0.39 is 0 Å². The number of likely N-dealkylation sites (tertiary alicyclic amines) is 1. The van der Waals surface area contributed by atoms with Gasteiger partial charge in [-0.15, -0.1) is 11.3 Å². The van der Waals surface area contributed by atoms with Crippen molar-refractivity contribution in [3.63, 3.8) is 0 Å². The number of hydrogen-bond donors (Lipinski definition) is 2. The largest absolute Gasteiger partial charge is 0.351 e. The van der Waals surface area contributed by atoms with Crippen LogP contribution in [0.4, 0.5) is 5.69 Å². The predicted octanol–water partition coefficient (Wildman–Crippen LogP) is 2.97. The van der Waals surface area contributed by atoms with E-state index in [1.807, 2.05) is 24.0 Å². The van der Waals surface area contributed by atoms with Crippen LogP contribution < -0.4 is 10.6 Å². The highest BCUT2D eigenvalue weighted by atomic mass is 32.1. The molecule has 4 aromatic heterocycles. The molecule has 11 heteroatoms. The van der Waals surface area contributed by atoms with Crippen molar-refractivity contribution >= 4 is 33.7 Å². The van der Waals surface area contributed by atoms with E-state index in [4.69, 9.17) is 0 Å². The van der Waals surface area contributed by atoms with Gasteiger partial charge in [0.15, 0.2) is 0 Å². The van der Waals surface area contributed by atoms with E-state index in [2.05, 4.69) is 30.6 Å². The molecule has 0 radical (unpaired) electrons. The van der Waals surface area contributed by atoms with Gasteiger partial charge in [-0.05, 0) is 44.2 Å². The van der Waals surface area contributed by atoms with E-state index in [-0.39, 0.29) is 11.8 Å². The minimum absolute atomic E-state index is 0.190. The molecule has 1 saturated carbocycles. The molecule has 2 N–H and O–H groups in total. The van der Waals surface area contributed by atoms with Gasteiger partial charge in [-0.3, -0.25) is 14.6 Å². The zero-order valence-corrected chi connectivity index (χ0v) is 21.1. The minimum atomic E-state index is -0.301. The minimum Gasteiger partial charge on any atom is -0.351 e. The predicted molar refractivity (Wildman–Crippen MR) is 137 cm³/mol. The molecule has 1 saturated heterocycles. The van der Waals surface area contributed by atoms with E-state index in [0.29, 0.717) is 34.5 Å². The third-order valence-corrected chi connectivity index (χ3v) is 8.32.